The third-order valence-corrected chi connectivity index (χ3v) is 5.86. The minimum atomic E-state index is 0.717. The molecule has 0 aliphatic heterocycles. The summed E-state index contributed by atoms with van der Waals surface area (Å²) in [5.41, 5.74) is 2.38. The van der Waals surface area contributed by atoms with E-state index in [1.807, 2.05) is 30.3 Å². The molecule has 0 aliphatic rings. The van der Waals surface area contributed by atoms with Gasteiger partial charge in [-0.25, -0.2) is 0 Å². The van der Waals surface area contributed by atoms with E-state index in [9.17, 15) is 0 Å². The minimum Gasteiger partial charge on any atom is -0.497 e. The first-order valence-corrected chi connectivity index (χ1v) is 10.6. The number of benzene rings is 3. The molecule has 0 saturated heterocycles. The molecule has 4 aromatic rings. The fourth-order valence-corrected chi connectivity index (χ4v) is 4.28. The predicted molar refractivity (Wildman–Crippen MR) is 121 cm³/mol. The molecule has 3 nitrogen and oxygen atoms in total. The third kappa shape index (κ3) is 4.22. The Bertz CT molecular complexity index is 1100. The van der Waals surface area contributed by atoms with Crippen LogP contribution in [0.15, 0.2) is 66.7 Å². The normalized spacial score (nSPS) is 10.9. The molecule has 0 fully saturated rings. The van der Waals surface area contributed by atoms with Gasteiger partial charge < -0.3 is 14.2 Å². The van der Waals surface area contributed by atoms with E-state index in [0.29, 0.717) is 0 Å². The zero-order valence-corrected chi connectivity index (χ0v) is 17.7. The quantitative estimate of drug-likeness (QED) is 0.320. The molecule has 0 radical (unpaired) electrons. The molecule has 0 atom stereocenters. The monoisotopic (exact) mass is 404 g/mol. The molecule has 0 N–H and O–H groups in total. The lowest BCUT2D eigenvalue weighted by molar-refractivity contribution is 0.317. The van der Waals surface area contributed by atoms with E-state index in [1.54, 1.807) is 18.4 Å². The highest BCUT2D eigenvalue weighted by Crippen LogP contribution is 2.47. The number of methoxy groups -OCH3 is 1. The molecule has 29 heavy (non-hydrogen) atoms. The van der Waals surface area contributed by atoms with Gasteiger partial charge in [-0.15, -0.1) is 11.3 Å². The van der Waals surface area contributed by atoms with Gasteiger partial charge >= 0.3 is 0 Å². The first-order valence-electron chi connectivity index (χ1n) is 9.76. The number of hydrogen-bond donors (Lipinski definition) is 0. The number of thiophene rings is 1. The van der Waals surface area contributed by atoms with Crippen molar-refractivity contribution in [1.82, 2.24) is 0 Å². The smallest absolute Gasteiger partial charge is 0.153 e. The van der Waals surface area contributed by atoms with E-state index in [4.69, 9.17) is 14.2 Å². The lowest BCUT2D eigenvalue weighted by Gasteiger charge is -2.10. The van der Waals surface area contributed by atoms with Crippen molar-refractivity contribution in [3.8, 4) is 33.4 Å². The molecular weight excluding hydrogens is 380 g/mol. The van der Waals surface area contributed by atoms with Crippen LogP contribution in [-0.2, 0) is 0 Å². The van der Waals surface area contributed by atoms with Crippen LogP contribution >= 0.6 is 11.3 Å². The van der Waals surface area contributed by atoms with Gasteiger partial charge in [-0.05, 0) is 61.4 Å². The van der Waals surface area contributed by atoms with Gasteiger partial charge in [0.2, 0.25) is 0 Å². The highest BCUT2D eigenvalue weighted by molar-refractivity contribution is 7.22. The van der Waals surface area contributed by atoms with Crippen LogP contribution in [0.1, 0.15) is 18.9 Å². The second kappa shape index (κ2) is 8.58. The fraction of sp³-hybridized carbons (Fsp3) is 0.200. The molecule has 148 valence electrons. The molecule has 0 amide bonds. The molecular formula is C25H24O3S. The number of rotatable bonds is 7. The summed E-state index contributed by atoms with van der Waals surface area (Å²) in [4.78, 5) is 1.11. The van der Waals surface area contributed by atoms with Crippen molar-refractivity contribution in [1.29, 1.82) is 0 Å². The van der Waals surface area contributed by atoms with Crippen molar-refractivity contribution in [3.05, 3.63) is 72.3 Å². The standard InChI is InChI=1S/C25H24O3S/c1-4-15-27-19-9-11-20(12-10-19)28-24-22-14-13-21(26-3)16-23(22)29-25(24)18-7-5-17(2)6-8-18/h5-14,16H,4,15H2,1-3H3. The Balaban J connectivity index is 1.74. The first-order chi connectivity index (χ1) is 14.2. The summed E-state index contributed by atoms with van der Waals surface area (Å²) >= 11 is 1.72. The van der Waals surface area contributed by atoms with Crippen molar-refractivity contribution >= 4 is 21.4 Å². The van der Waals surface area contributed by atoms with Crippen LogP contribution < -0.4 is 14.2 Å². The average Bonchev–Trinajstić information content (AvgIpc) is 3.11. The van der Waals surface area contributed by atoms with Gasteiger partial charge in [-0.1, -0.05) is 36.8 Å². The van der Waals surface area contributed by atoms with Gasteiger partial charge in [0.15, 0.2) is 5.75 Å². The zero-order chi connectivity index (χ0) is 20.2. The Morgan fingerprint density at radius 1 is 0.828 bits per heavy atom. The maximum Gasteiger partial charge on any atom is 0.153 e. The summed E-state index contributed by atoms with van der Waals surface area (Å²) in [6.07, 6.45) is 0.989. The molecule has 1 heterocycles. The van der Waals surface area contributed by atoms with Gasteiger partial charge in [0.05, 0.1) is 18.6 Å². The predicted octanol–water partition coefficient (Wildman–Crippen LogP) is 7.47. The molecule has 3 aromatic carbocycles. The number of aryl methyl sites for hydroxylation is 1. The summed E-state index contributed by atoms with van der Waals surface area (Å²) in [6.45, 7) is 4.91. The maximum absolute atomic E-state index is 6.39. The van der Waals surface area contributed by atoms with Crippen LogP contribution in [0.2, 0.25) is 0 Å². The van der Waals surface area contributed by atoms with Crippen LogP contribution in [0, 0.1) is 6.92 Å². The third-order valence-electron chi connectivity index (χ3n) is 4.68. The highest BCUT2D eigenvalue weighted by Gasteiger charge is 2.17. The van der Waals surface area contributed by atoms with Crippen LogP contribution in [0.25, 0.3) is 20.5 Å². The number of hydrogen-bond acceptors (Lipinski definition) is 4. The van der Waals surface area contributed by atoms with Crippen molar-refractivity contribution in [2.45, 2.75) is 20.3 Å². The van der Waals surface area contributed by atoms with E-state index in [-0.39, 0.29) is 0 Å². The lowest BCUT2D eigenvalue weighted by atomic mass is 10.1. The Hall–Kier alpha value is -2.98. The summed E-state index contributed by atoms with van der Waals surface area (Å²) in [7, 11) is 1.69. The van der Waals surface area contributed by atoms with Crippen LogP contribution in [0.4, 0.5) is 0 Å². The summed E-state index contributed by atoms with van der Waals surface area (Å²) < 4.78 is 18.6. The van der Waals surface area contributed by atoms with Gasteiger partial charge in [-0.3, -0.25) is 0 Å². The van der Waals surface area contributed by atoms with Crippen LogP contribution in [0.5, 0.6) is 23.0 Å². The van der Waals surface area contributed by atoms with Gasteiger partial charge in [0.25, 0.3) is 0 Å². The SMILES string of the molecule is CCCOc1ccc(Oc2c(-c3ccc(C)cc3)sc3cc(OC)ccc23)cc1. The fourth-order valence-electron chi connectivity index (χ4n) is 3.12. The molecule has 4 rings (SSSR count). The molecule has 0 aliphatic carbocycles. The van der Waals surface area contributed by atoms with Crippen molar-refractivity contribution < 1.29 is 14.2 Å². The Kier molecular flexibility index (Phi) is 5.72. The van der Waals surface area contributed by atoms with Crippen molar-refractivity contribution in [2.75, 3.05) is 13.7 Å². The average molecular weight is 405 g/mol. The first kappa shape index (κ1) is 19.3. The minimum absolute atomic E-state index is 0.717. The number of ether oxygens (including phenoxy) is 3. The Morgan fingerprint density at radius 3 is 2.21 bits per heavy atom. The molecule has 0 spiro atoms. The highest BCUT2D eigenvalue weighted by atomic mass is 32.1. The van der Waals surface area contributed by atoms with E-state index in [0.717, 1.165) is 56.6 Å². The van der Waals surface area contributed by atoms with Gasteiger partial charge in [0.1, 0.15) is 17.2 Å². The molecule has 0 bridgehead atoms. The second-order valence-electron chi connectivity index (χ2n) is 6.91. The number of fused-ring (bicyclic) bond motifs is 1. The van der Waals surface area contributed by atoms with Crippen LogP contribution in [-0.4, -0.2) is 13.7 Å². The van der Waals surface area contributed by atoms with E-state index < -0.39 is 0 Å². The second-order valence-corrected chi connectivity index (χ2v) is 7.96. The Labute approximate surface area is 175 Å². The van der Waals surface area contributed by atoms with E-state index in [2.05, 4.69) is 50.2 Å². The molecule has 0 saturated carbocycles. The van der Waals surface area contributed by atoms with Crippen molar-refractivity contribution in [2.24, 2.45) is 0 Å². The topological polar surface area (TPSA) is 27.7 Å². The molecule has 1 aromatic heterocycles. The van der Waals surface area contributed by atoms with E-state index >= 15 is 0 Å². The zero-order valence-electron chi connectivity index (χ0n) is 16.9. The maximum atomic E-state index is 6.39. The van der Waals surface area contributed by atoms with Crippen LogP contribution in [0.3, 0.4) is 0 Å². The Morgan fingerprint density at radius 2 is 1.52 bits per heavy atom. The van der Waals surface area contributed by atoms with Gasteiger partial charge in [-0.2, -0.15) is 0 Å². The molecule has 0 unspecified atom stereocenters. The summed E-state index contributed by atoms with van der Waals surface area (Å²) in [6, 6.07) is 22.5. The lowest BCUT2D eigenvalue weighted by Crippen LogP contribution is -1.94. The summed E-state index contributed by atoms with van der Waals surface area (Å²) in [5.74, 6) is 3.37. The summed E-state index contributed by atoms with van der Waals surface area (Å²) in [5, 5.41) is 1.08. The molecule has 4 heteroatoms. The van der Waals surface area contributed by atoms with E-state index in [1.165, 1.54) is 5.56 Å². The van der Waals surface area contributed by atoms with Gasteiger partial charge in [0, 0.05) is 10.1 Å². The largest absolute Gasteiger partial charge is 0.497 e. The van der Waals surface area contributed by atoms with Crippen molar-refractivity contribution in [3.63, 3.8) is 0 Å².